The van der Waals surface area contributed by atoms with Crippen LogP contribution in [0, 0.1) is 17.8 Å². The molecule has 0 aromatic heterocycles. The minimum atomic E-state index is 0.626. The minimum absolute atomic E-state index is 0.626. The topological polar surface area (TPSA) is 12.0 Å². The normalized spacial score (nSPS) is 29.0. The van der Waals surface area contributed by atoms with Crippen molar-refractivity contribution in [3.05, 3.63) is 29.3 Å². The number of hydrogen-bond donors (Lipinski definition) is 1. The summed E-state index contributed by atoms with van der Waals surface area (Å²) >= 11 is 8.17. The molecule has 1 aromatic carbocycles. The molecule has 2 bridgehead atoms. The van der Waals surface area contributed by atoms with E-state index in [1.165, 1.54) is 37.0 Å². The Bertz CT molecular complexity index is 464. The highest BCUT2D eigenvalue weighted by Gasteiger charge is 2.39. The number of hydrogen-bond acceptors (Lipinski definition) is 2. The summed E-state index contributed by atoms with van der Waals surface area (Å²) in [6, 6.07) is 8.83. The standard InChI is InChI=1S/C18H26ClNS/c1-2-20-16(11-15-10-13-7-8-14(15)9-13)12-21-18-6-4-3-5-17(18)19/h3-6,13-16,20H,2,7-12H2,1H3. The highest BCUT2D eigenvalue weighted by molar-refractivity contribution is 7.99. The van der Waals surface area contributed by atoms with Gasteiger partial charge in [0.15, 0.2) is 0 Å². The van der Waals surface area contributed by atoms with E-state index < -0.39 is 0 Å². The van der Waals surface area contributed by atoms with Gasteiger partial charge < -0.3 is 5.32 Å². The summed E-state index contributed by atoms with van der Waals surface area (Å²) in [7, 11) is 0. The van der Waals surface area contributed by atoms with E-state index in [4.69, 9.17) is 11.6 Å². The molecule has 2 saturated carbocycles. The molecule has 4 unspecified atom stereocenters. The van der Waals surface area contributed by atoms with E-state index in [0.717, 1.165) is 35.1 Å². The zero-order chi connectivity index (χ0) is 14.7. The molecule has 3 rings (SSSR count). The lowest BCUT2D eigenvalue weighted by Gasteiger charge is -2.27. The third-order valence-electron chi connectivity index (χ3n) is 5.24. The number of nitrogens with one attached hydrogen (secondary N) is 1. The molecular weight excluding hydrogens is 298 g/mol. The molecule has 4 atom stereocenters. The predicted molar refractivity (Wildman–Crippen MR) is 93.2 cm³/mol. The Kier molecular flexibility index (Phi) is 5.53. The lowest BCUT2D eigenvalue weighted by molar-refractivity contribution is 0.287. The molecular formula is C18H26ClNS. The molecule has 3 heteroatoms. The molecule has 116 valence electrons. The van der Waals surface area contributed by atoms with E-state index in [1.807, 2.05) is 23.9 Å². The summed E-state index contributed by atoms with van der Waals surface area (Å²) in [6.45, 7) is 3.28. The van der Waals surface area contributed by atoms with Crippen LogP contribution in [0.4, 0.5) is 0 Å². The average Bonchev–Trinajstić information content (AvgIpc) is 3.09. The van der Waals surface area contributed by atoms with Crippen LogP contribution in [0.2, 0.25) is 5.02 Å². The van der Waals surface area contributed by atoms with Crippen LogP contribution in [0.5, 0.6) is 0 Å². The second-order valence-electron chi connectivity index (χ2n) is 6.67. The number of halogens is 1. The zero-order valence-corrected chi connectivity index (χ0v) is 14.4. The van der Waals surface area contributed by atoms with E-state index >= 15 is 0 Å². The number of benzene rings is 1. The van der Waals surface area contributed by atoms with Crippen molar-refractivity contribution < 1.29 is 0 Å². The summed E-state index contributed by atoms with van der Waals surface area (Å²) in [5.74, 6) is 4.19. The fourth-order valence-electron chi connectivity index (χ4n) is 4.28. The first-order chi connectivity index (χ1) is 10.3. The van der Waals surface area contributed by atoms with Crippen LogP contribution < -0.4 is 5.32 Å². The van der Waals surface area contributed by atoms with Gasteiger partial charge in [0.2, 0.25) is 0 Å². The Labute approximate surface area is 138 Å². The first-order valence-corrected chi connectivity index (χ1v) is 9.73. The molecule has 2 aliphatic carbocycles. The van der Waals surface area contributed by atoms with E-state index in [9.17, 15) is 0 Å². The van der Waals surface area contributed by atoms with Crippen molar-refractivity contribution in [2.45, 2.75) is 50.0 Å². The van der Waals surface area contributed by atoms with Gasteiger partial charge in [-0.25, -0.2) is 0 Å². The average molecular weight is 324 g/mol. The van der Waals surface area contributed by atoms with E-state index in [0.29, 0.717) is 6.04 Å². The van der Waals surface area contributed by atoms with Gasteiger partial charge in [-0.2, -0.15) is 0 Å². The van der Waals surface area contributed by atoms with Gasteiger partial charge in [0, 0.05) is 16.7 Å². The summed E-state index contributed by atoms with van der Waals surface area (Å²) < 4.78 is 0. The van der Waals surface area contributed by atoms with Crippen LogP contribution in [-0.2, 0) is 0 Å². The molecule has 1 N–H and O–H groups in total. The van der Waals surface area contributed by atoms with Crippen molar-refractivity contribution in [2.75, 3.05) is 12.3 Å². The Morgan fingerprint density at radius 2 is 2.14 bits per heavy atom. The first-order valence-electron chi connectivity index (χ1n) is 8.37. The van der Waals surface area contributed by atoms with Gasteiger partial charge in [0.1, 0.15) is 0 Å². The van der Waals surface area contributed by atoms with Crippen molar-refractivity contribution in [1.29, 1.82) is 0 Å². The fraction of sp³-hybridized carbons (Fsp3) is 0.667. The molecule has 0 saturated heterocycles. The maximum Gasteiger partial charge on any atom is 0.0541 e. The molecule has 21 heavy (non-hydrogen) atoms. The third kappa shape index (κ3) is 3.97. The van der Waals surface area contributed by atoms with Crippen LogP contribution in [0.3, 0.4) is 0 Å². The second-order valence-corrected chi connectivity index (χ2v) is 8.14. The summed E-state index contributed by atoms with van der Waals surface area (Å²) in [6.07, 6.45) is 7.35. The van der Waals surface area contributed by atoms with Crippen molar-refractivity contribution in [3.63, 3.8) is 0 Å². The van der Waals surface area contributed by atoms with Crippen LogP contribution in [0.25, 0.3) is 0 Å². The van der Waals surface area contributed by atoms with E-state index in [2.05, 4.69) is 24.4 Å². The zero-order valence-electron chi connectivity index (χ0n) is 12.9. The van der Waals surface area contributed by atoms with E-state index in [1.54, 1.807) is 0 Å². The Hall–Kier alpha value is -0.180. The molecule has 1 aromatic rings. The van der Waals surface area contributed by atoms with Gasteiger partial charge in [-0.1, -0.05) is 37.1 Å². The van der Waals surface area contributed by atoms with Gasteiger partial charge in [-0.05, 0) is 62.1 Å². The molecule has 0 radical (unpaired) electrons. The molecule has 0 amide bonds. The number of rotatable bonds is 7. The lowest BCUT2D eigenvalue weighted by Crippen LogP contribution is -2.34. The molecule has 2 fully saturated rings. The largest absolute Gasteiger partial charge is 0.313 e. The van der Waals surface area contributed by atoms with E-state index in [-0.39, 0.29) is 0 Å². The van der Waals surface area contributed by atoms with Gasteiger partial charge in [0.25, 0.3) is 0 Å². The molecule has 1 nitrogen and oxygen atoms in total. The fourth-order valence-corrected chi connectivity index (χ4v) is 5.60. The van der Waals surface area contributed by atoms with Crippen molar-refractivity contribution in [1.82, 2.24) is 5.32 Å². The van der Waals surface area contributed by atoms with Crippen LogP contribution in [-0.4, -0.2) is 18.3 Å². The highest BCUT2D eigenvalue weighted by atomic mass is 35.5. The quantitative estimate of drug-likeness (QED) is 0.689. The molecule has 0 aliphatic heterocycles. The Morgan fingerprint density at radius 3 is 2.81 bits per heavy atom. The van der Waals surface area contributed by atoms with Gasteiger partial charge >= 0.3 is 0 Å². The maximum absolute atomic E-state index is 6.27. The smallest absolute Gasteiger partial charge is 0.0541 e. The lowest BCUT2D eigenvalue weighted by atomic mass is 9.84. The summed E-state index contributed by atoms with van der Waals surface area (Å²) in [4.78, 5) is 1.22. The molecule has 0 spiro atoms. The van der Waals surface area contributed by atoms with Crippen LogP contribution in [0.15, 0.2) is 29.2 Å². The predicted octanol–water partition coefficient (Wildman–Crippen LogP) is 5.24. The van der Waals surface area contributed by atoms with Crippen molar-refractivity contribution >= 4 is 23.4 Å². The monoisotopic (exact) mass is 323 g/mol. The molecule has 0 heterocycles. The minimum Gasteiger partial charge on any atom is -0.313 e. The maximum atomic E-state index is 6.27. The van der Waals surface area contributed by atoms with Crippen molar-refractivity contribution in [3.8, 4) is 0 Å². The second kappa shape index (κ2) is 7.39. The van der Waals surface area contributed by atoms with Crippen LogP contribution in [0.1, 0.15) is 39.0 Å². The van der Waals surface area contributed by atoms with Crippen LogP contribution >= 0.6 is 23.4 Å². The summed E-state index contributed by atoms with van der Waals surface area (Å²) in [5, 5.41) is 4.58. The third-order valence-corrected chi connectivity index (χ3v) is 6.92. The summed E-state index contributed by atoms with van der Waals surface area (Å²) in [5.41, 5.74) is 0. The van der Waals surface area contributed by atoms with Crippen molar-refractivity contribution in [2.24, 2.45) is 17.8 Å². The Balaban J connectivity index is 1.53. The Morgan fingerprint density at radius 1 is 1.29 bits per heavy atom. The SMILES string of the molecule is CCNC(CSc1ccccc1Cl)CC1CC2CCC1C2. The highest BCUT2D eigenvalue weighted by Crippen LogP contribution is 2.50. The van der Waals surface area contributed by atoms with Gasteiger partial charge in [-0.15, -0.1) is 11.8 Å². The first kappa shape index (κ1) is 15.7. The number of fused-ring (bicyclic) bond motifs is 2. The van der Waals surface area contributed by atoms with Gasteiger partial charge in [-0.3, -0.25) is 0 Å². The van der Waals surface area contributed by atoms with Gasteiger partial charge in [0.05, 0.1) is 5.02 Å². The number of thioether (sulfide) groups is 1. The molecule has 2 aliphatic rings.